The Morgan fingerprint density at radius 3 is 2.61 bits per heavy atom. The van der Waals surface area contributed by atoms with Crippen LogP contribution < -0.4 is 0 Å². The summed E-state index contributed by atoms with van der Waals surface area (Å²) < 4.78 is 1.33. The van der Waals surface area contributed by atoms with Gasteiger partial charge >= 0.3 is 0 Å². The molecule has 0 fully saturated rings. The maximum atomic E-state index is 2.41. The van der Waals surface area contributed by atoms with Crippen molar-refractivity contribution in [1.82, 2.24) is 0 Å². The molecule has 1 aromatic rings. The van der Waals surface area contributed by atoms with Crippen LogP contribution in [0.15, 0.2) is 39.5 Å². The Morgan fingerprint density at radius 2 is 2.00 bits per heavy atom. The van der Waals surface area contributed by atoms with Gasteiger partial charge in [-0.3, -0.25) is 0 Å². The molecule has 0 saturated carbocycles. The first-order valence-electron chi connectivity index (χ1n) is 6.53. The molecule has 1 aromatic carbocycles. The average Bonchev–Trinajstić information content (AvgIpc) is 2.50. The zero-order chi connectivity index (χ0) is 13.5. The summed E-state index contributed by atoms with van der Waals surface area (Å²) in [6.07, 6.45) is 4.53. The number of rotatable bonds is 1. The first-order valence-corrected chi connectivity index (χ1v) is 7.60. The van der Waals surface area contributed by atoms with E-state index in [-0.39, 0.29) is 5.41 Å². The molecule has 0 radical (unpaired) electrons. The second-order valence-corrected chi connectivity index (χ2v) is 6.96. The SMILES string of the molecule is C/C=C(I)\C=C1/C(C)c2ccc(C)cc2C1(C)C. The quantitative estimate of drug-likeness (QED) is 0.573. The van der Waals surface area contributed by atoms with Crippen LogP contribution in [0.3, 0.4) is 0 Å². The molecule has 2 rings (SSSR count). The summed E-state index contributed by atoms with van der Waals surface area (Å²) in [6.45, 7) is 11.3. The predicted octanol–water partition coefficient (Wildman–Crippen LogP) is 5.65. The Kier molecular flexibility index (Phi) is 3.72. The van der Waals surface area contributed by atoms with E-state index in [1.807, 2.05) is 0 Å². The highest BCUT2D eigenvalue weighted by molar-refractivity contribution is 14.1. The van der Waals surface area contributed by atoms with Gasteiger partial charge in [0.25, 0.3) is 0 Å². The van der Waals surface area contributed by atoms with Gasteiger partial charge in [-0.15, -0.1) is 0 Å². The molecular weight excluding hydrogens is 331 g/mol. The Labute approximate surface area is 124 Å². The lowest BCUT2D eigenvalue weighted by Crippen LogP contribution is -2.16. The van der Waals surface area contributed by atoms with Crippen LogP contribution in [-0.4, -0.2) is 0 Å². The smallest absolute Gasteiger partial charge is 0.0118 e. The van der Waals surface area contributed by atoms with Gasteiger partial charge in [0.05, 0.1) is 0 Å². The van der Waals surface area contributed by atoms with Gasteiger partial charge in [-0.25, -0.2) is 0 Å². The lowest BCUT2D eigenvalue weighted by molar-refractivity contribution is 0.625. The van der Waals surface area contributed by atoms with E-state index in [1.165, 1.54) is 25.8 Å². The van der Waals surface area contributed by atoms with E-state index in [0.717, 1.165) is 0 Å². The van der Waals surface area contributed by atoms with Gasteiger partial charge in [0.2, 0.25) is 0 Å². The minimum atomic E-state index is 0.153. The maximum Gasteiger partial charge on any atom is 0.0118 e. The van der Waals surface area contributed by atoms with E-state index in [1.54, 1.807) is 0 Å². The lowest BCUT2D eigenvalue weighted by atomic mass is 9.81. The van der Waals surface area contributed by atoms with Gasteiger partial charge in [-0.1, -0.05) is 56.2 Å². The van der Waals surface area contributed by atoms with E-state index in [9.17, 15) is 0 Å². The van der Waals surface area contributed by atoms with Crippen molar-refractivity contribution < 1.29 is 0 Å². The fraction of sp³-hybridized carbons (Fsp3) is 0.412. The molecule has 96 valence electrons. The molecule has 1 aliphatic carbocycles. The van der Waals surface area contributed by atoms with E-state index in [4.69, 9.17) is 0 Å². The molecule has 0 heterocycles. The van der Waals surface area contributed by atoms with Crippen LogP contribution in [0.2, 0.25) is 0 Å². The molecule has 0 spiro atoms. The van der Waals surface area contributed by atoms with Crippen molar-refractivity contribution in [3.63, 3.8) is 0 Å². The third kappa shape index (κ3) is 2.18. The van der Waals surface area contributed by atoms with Crippen LogP contribution in [0, 0.1) is 6.92 Å². The van der Waals surface area contributed by atoms with Crippen molar-refractivity contribution in [2.24, 2.45) is 0 Å². The molecule has 0 aliphatic heterocycles. The minimum Gasteiger partial charge on any atom is -0.0743 e. The predicted molar refractivity (Wildman–Crippen MR) is 88.5 cm³/mol. The molecule has 0 bridgehead atoms. The third-order valence-corrected chi connectivity index (χ3v) is 5.04. The first-order chi connectivity index (χ1) is 8.37. The molecule has 1 atom stereocenters. The van der Waals surface area contributed by atoms with E-state index >= 15 is 0 Å². The minimum absolute atomic E-state index is 0.153. The maximum absolute atomic E-state index is 2.41. The summed E-state index contributed by atoms with van der Waals surface area (Å²) in [5.74, 6) is 0.528. The fourth-order valence-electron chi connectivity index (χ4n) is 2.99. The van der Waals surface area contributed by atoms with Crippen molar-refractivity contribution >= 4 is 22.6 Å². The normalized spacial score (nSPS) is 24.4. The van der Waals surface area contributed by atoms with Crippen molar-refractivity contribution in [3.8, 4) is 0 Å². The molecule has 1 heteroatoms. The van der Waals surface area contributed by atoms with E-state index < -0.39 is 0 Å². The first kappa shape index (κ1) is 13.9. The second kappa shape index (κ2) is 4.84. The van der Waals surface area contributed by atoms with Crippen LogP contribution in [0.1, 0.15) is 50.3 Å². The van der Waals surface area contributed by atoms with Crippen LogP contribution in [0.5, 0.6) is 0 Å². The van der Waals surface area contributed by atoms with Gasteiger partial charge in [0.1, 0.15) is 0 Å². The highest BCUT2D eigenvalue weighted by atomic mass is 127. The monoisotopic (exact) mass is 352 g/mol. The number of halogens is 1. The van der Waals surface area contributed by atoms with Gasteiger partial charge in [-0.05, 0) is 53.6 Å². The Bertz CT molecular complexity index is 533. The Balaban J connectivity index is 2.61. The molecule has 0 amide bonds. The van der Waals surface area contributed by atoms with Gasteiger partial charge in [-0.2, -0.15) is 0 Å². The van der Waals surface area contributed by atoms with Crippen LogP contribution in [0.25, 0.3) is 0 Å². The zero-order valence-electron chi connectivity index (χ0n) is 11.8. The number of hydrogen-bond donors (Lipinski definition) is 0. The van der Waals surface area contributed by atoms with Crippen molar-refractivity contribution in [2.75, 3.05) is 0 Å². The summed E-state index contributed by atoms with van der Waals surface area (Å²) >= 11 is 2.41. The Morgan fingerprint density at radius 1 is 1.33 bits per heavy atom. The van der Waals surface area contributed by atoms with Crippen molar-refractivity contribution in [2.45, 2.75) is 46.0 Å². The summed E-state index contributed by atoms with van der Waals surface area (Å²) in [5.41, 5.74) is 6.04. The summed E-state index contributed by atoms with van der Waals surface area (Å²) in [6, 6.07) is 6.89. The largest absolute Gasteiger partial charge is 0.0743 e. The Hall–Kier alpha value is -0.570. The van der Waals surface area contributed by atoms with E-state index in [0.29, 0.717) is 5.92 Å². The highest BCUT2D eigenvalue weighted by Gasteiger charge is 2.39. The number of hydrogen-bond acceptors (Lipinski definition) is 0. The van der Waals surface area contributed by atoms with E-state index in [2.05, 4.69) is 87.6 Å². The molecular formula is C17H21I. The molecule has 1 aliphatic rings. The fourth-order valence-corrected chi connectivity index (χ4v) is 3.33. The topological polar surface area (TPSA) is 0 Å². The molecule has 18 heavy (non-hydrogen) atoms. The van der Waals surface area contributed by atoms with Gasteiger partial charge < -0.3 is 0 Å². The van der Waals surface area contributed by atoms with Crippen molar-refractivity contribution in [1.29, 1.82) is 0 Å². The average molecular weight is 352 g/mol. The van der Waals surface area contributed by atoms with Crippen LogP contribution in [-0.2, 0) is 5.41 Å². The second-order valence-electron chi connectivity index (χ2n) is 5.71. The highest BCUT2D eigenvalue weighted by Crippen LogP contribution is 2.50. The number of fused-ring (bicyclic) bond motifs is 1. The molecule has 0 aromatic heterocycles. The molecule has 0 N–H and O–H groups in total. The standard InChI is InChI=1S/C17H21I/c1-6-13(18)10-15-12(3)14-8-7-11(2)9-16(14)17(15,4)5/h6-10,12H,1-5H3/b13-6+,15-10+. The molecule has 0 nitrogen and oxygen atoms in total. The van der Waals surface area contributed by atoms with Gasteiger partial charge in [0, 0.05) is 14.9 Å². The number of allylic oxidation sites excluding steroid dienone is 4. The lowest BCUT2D eigenvalue weighted by Gasteiger charge is -2.23. The van der Waals surface area contributed by atoms with Crippen LogP contribution in [0.4, 0.5) is 0 Å². The zero-order valence-corrected chi connectivity index (χ0v) is 14.0. The molecule has 1 unspecified atom stereocenters. The summed E-state index contributed by atoms with van der Waals surface area (Å²) in [4.78, 5) is 0. The molecule has 0 saturated heterocycles. The summed E-state index contributed by atoms with van der Waals surface area (Å²) in [5, 5.41) is 0. The third-order valence-electron chi connectivity index (χ3n) is 4.11. The number of aryl methyl sites for hydroxylation is 1. The van der Waals surface area contributed by atoms with Crippen molar-refractivity contribution in [3.05, 3.63) is 56.2 Å². The summed E-state index contributed by atoms with van der Waals surface area (Å²) in [7, 11) is 0. The van der Waals surface area contributed by atoms with Crippen LogP contribution >= 0.6 is 22.6 Å². The number of benzene rings is 1. The van der Waals surface area contributed by atoms with Gasteiger partial charge in [0.15, 0.2) is 0 Å².